The van der Waals surface area contributed by atoms with Gasteiger partial charge in [0.15, 0.2) is 5.60 Å². The second kappa shape index (κ2) is 7.70. The number of aryl methyl sites for hydroxylation is 1. The second-order valence-corrected chi connectivity index (χ2v) is 10.7. The molecule has 0 amide bonds. The number of ether oxygens (including phenoxy) is 1. The van der Waals surface area contributed by atoms with E-state index in [1.165, 1.54) is 6.07 Å². The molecule has 8 heteroatoms. The number of esters is 1. The van der Waals surface area contributed by atoms with Crippen LogP contribution in [-0.4, -0.2) is 32.3 Å². The molecule has 3 aromatic rings. The summed E-state index contributed by atoms with van der Waals surface area (Å²) in [5, 5.41) is 21.7. The Balaban J connectivity index is 1.69. The van der Waals surface area contributed by atoms with Crippen LogP contribution in [0.4, 0.5) is 4.39 Å². The average Bonchev–Trinajstić information content (AvgIpc) is 3.23. The first kappa shape index (κ1) is 23.3. The molecular formula is C28H29FN2O5. The van der Waals surface area contributed by atoms with Gasteiger partial charge in [0, 0.05) is 29.2 Å². The van der Waals surface area contributed by atoms with Crippen LogP contribution >= 0.6 is 0 Å². The van der Waals surface area contributed by atoms with Gasteiger partial charge in [-0.1, -0.05) is 13.8 Å². The lowest BCUT2D eigenvalue weighted by atomic mass is 9.66. The Morgan fingerprint density at radius 1 is 1.22 bits per heavy atom. The van der Waals surface area contributed by atoms with Gasteiger partial charge in [-0.05, 0) is 67.2 Å². The van der Waals surface area contributed by atoms with E-state index >= 15 is 0 Å². The van der Waals surface area contributed by atoms with Crippen molar-refractivity contribution in [1.29, 1.82) is 0 Å². The van der Waals surface area contributed by atoms with E-state index in [1.807, 2.05) is 0 Å². The van der Waals surface area contributed by atoms with Gasteiger partial charge in [-0.2, -0.15) is 0 Å². The molecule has 0 bridgehead atoms. The summed E-state index contributed by atoms with van der Waals surface area (Å²) >= 11 is 0. The molecule has 2 N–H and O–H groups in total. The minimum absolute atomic E-state index is 0.0675. The highest BCUT2D eigenvalue weighted by Crippen LogP contribution is 2.50. The number of halogens is 1. The number of cyclic esters (lactones) is 1. The number of aliphatic hydroxyl groups excluding tert-OH is 1. The van der Waals surface area contributed by atoms with Crippen LogP contribution < -0.4 is 5.56 Å². The number of hydrogen-bond acceptors (Lipinski definition) is 6. The highest BCUT2D eigenvalue weighted by Gasteiger charge is 2.46. The van der Waals surface area contributed by atoms with E-state index in [0.29, 0.717) is 35.4 Å². The average molecular weight is 493 g/mol. The van der Waals surface area contributed by atoms with Crippen molar-refractivity contribution in [1.82, 2.24) is 9.55 Å². The van der Waals surface area contributed by atoms with Crippen LogP contribution in [0.15, 0.2) is 16.9 Å². The fourth-order valence-electron chi connectivity index (χ4n) is 6.61. The maximum Gasteiger partial charge on any atom is 0.343 e. The predicted octanol–water partition coefficient (Wildman–Crippen LogP) is 3.50. The highest BCUT2D eigenvalue weighted by molar-refractivity contribution is 5.93. The fourth-order valence-corrected chi connectivity index (χ4v) is 6.61. The Morgan fingerprint density at radius 3 is 2.72 bits per heavy atom. The summed E-state index contributed by atoms with van der Waals surface area (Å²) in [6.45, 7) is 5.85. The van der Waals surface area contributed by atoms with Gasteiger partial charge < -0.3 is 19.5 Å². The number of carbonyl (C=O) groups excluding carboxylic acids is 1. The van der Waals surface area contributed by atoms with E-state index in [4.69, 9.17) is 9.72 Å². The summed E-state index contributed by atoms with van der Waals surface area (Å²) in [7, 11) is 0. The first-order chi connectivity index (χ1) is 17.1. The molecule has 1 aromatic carbocycles. The number of carbonyl (C=O) groups is 1. The van der Waals surface area contributed by atoms with Gasteiger partial charge in [0.25, 0.3) is 5.56 Å². The van der Waals surface area contributed by atoms with Crippen molar-refractivity contribution in [2.45, 2.75) is 77.0 Å². The zero-order valence-corrected chi connectivity index (χ0v) is 20.7. The van der Waals surface area contributed by atoms with Crippen LogP contribution in [0.5, 0.6) is 0 Å². The Labute approximate surface area is 207 Å². The number of pyridine rings is 2. The molecular weight excluding hydrogens is 463 g/mol. The molecule has 0 saturated carbocycles. The van der Waals surface area contributed by atoms with Gasteiger partial charge >= 0.3 is 5.97 Å². The second-order valence-electron chi connectivity index (χ2n) is 10.7. The van der Waals surface area contributed by atoms with Crippen LogP contribution in [0.25, 0.3) is 22.3 Å². The quantitative estimate of drug-likeness (QED) is 0.423. The Morgan fingerprint density at radius 2 is 2.00 bits per heavy atom. The lowest BCUT2D eigenvalue weighted by Crippen LogP contribution is -2.44. The van der Waals surface area contributed by atoms with E-state index in [0.717, 1.165) is 41.3 Å². The van der Waals surface area contributed by atoms with Crippen molar-refractivity contribution in [2.24, 2.45) is 0 Å². The summed E-state index contributed by atoms with van der Waals surface area (Å²) in [6.07, 6.45) is 2.98. The normalized spacial score (nSPS) is 23.9. The maximum atomic E-state index is 15.0. The van der Waals surface area contributed by atoms with Gasteiger partial charge in [0.1, 0.15) is 12.4 Å². The van der Waals surface area contributed by atoms with E-state index in [1.54, 1.807) is 24.5 Å². The third kappa shape index (κ3) is 2.88. The molecule has 2 aliphatic heterocycles. The molecule has 36 heavy (non-hydrogen) atoms. The molecule has 2 atom stereocenters. The molecule has 3 aliphatic rings. The number of nitrogens with zero attached hydrogens (tertiary/aromatic N) is 2. The Hall–Kier alpha value is -3.10. The first-order valence-electron chi connectivity index (χ1n) is 12.6. The molecule has 7 nitrogen and oxygen atoms in total. The first-order valence-corrected chi connectivity index (χ1v) is 12.6. The molecule has 6 rings (SSSR count). The number of hydrogen-bond donors (Lipinski definition) is 2. The third-order valence-corrected chi connectivity index (χ3v) is 8.72. The van der Waals surface area contributed by atoms with Crippen molar-refractivity contribution >= 4 is 16.9 Å². The summed E-state index contributed by atoms with van der Waals surface area (Å²) in [5.74, 6) is -1.07. The largest absolute Gasteiger partial charge is 0.458 e. The number of aliphatic hydroxyl groups is 2. The molecule has 0 spiro atoms. The van der Waals surface area contributed by atoms with Crippen LogP contribution in [0, 0.1) is 12.7 Å². The monoisotopic (exact) mass is 492 g/mol. The predicted molar refractivity (Wildman–Crippen MR) is 131 cm³/mol. The van der Waals surface area contributed by atoms with Crippen molar-refractivity contribution in [3.05, 3.63) is 61.7 Å². The fraction of sp³-hybridized carbons (Fsp3) is 0.464. The van der Waals surface area contributed by atoms with E-state index in [9.17, 15) is 24.2 Å². The topological polar surface area (TPSA) is 102 Å². The maximum absolute atomic E-state index is 15.0. The Bertz CT molecular complexity index is 1540. The van der Waals surface area contributed by atoms with Crippen LogP contribution in [0.1, 0.15) is 72.9 Å². The lowest BCUT2D eigenvalue weighted by molar-refractivity contribution is -0.172. The molecule has 1 aliphatic carbocycles. The van der Waals surface area contributed by atoms with E-state index in [-0.39, 0.29) is 47.6 Å². The van der Waals surface area contributed by atoms with E-state index in [2.05, 4.69) is 6.92 Å². The van der Waals surface area contributed by atoms with Gasteiger partial charge in [0.05, 0.1) is 29.0 Å². The van der Waals surface area contributed by atoms with Crippen LogP contribution in [0.2, 0.25) is 0 Å². The molecule has 0 fully saturated rings. The van der Waals surface area contributed by atoms with Gasteiger partial charge in [0.2, 0.25) is 0 Å². The van der Waals surface area contributed by atoms with Crippen molar-refractivity contribution in [3.8, 4) is 11.4 Å². The number of aromatic nitrogens is 2. The zero-order valence-electron chi connectivity index (χ0n) is 20.7. The lowest BCUT2D eigenvalue weighted by Gasteiger charge is -2.38. The minimum Gasteiger partial charge on any atom is -0.458 e. The number of rotatable bonds is 4. The highest BCUT2D eigenvalue weighted by atomic mass is 19.1. The molecule has 2 aromatic heterocycles. The van der Waals surface area contributed by atoms with Gasteiger partial charge in [-0.25, -0.2) is 14.2 Å². The van der Waals surface area contributed by atoms with E-state index < -0.39 is 11.6 Å². The third-order valence-electron chi connectivity index (χ3n) is 8.72. The summed E-state index contributed by atoms with van der Waals surface area (Å²) in [6, 6.07) is 3.16. The molecule has 0 radical (unpaired) electrons. The summed E-state index contributed by atoms with van der Waals surface area (Å²) < 4.78 is 21.8. The SMILES string of the molecule is CCC1(O)C(=O)OCc2c1cc1n(c2=O)Cc2c-1nc1cc(F)c(C)c3c1c2[C@](C)(CCCO)CC3. The summed E-state index contributed by atoms with van der Waals surface area (Å²) in [4.78, 5) is 31.0. The smallest absolute Gasteiger partial charge is 0.343 e. The molecule has 1 unspecified atom stereocenters. The van der Waals surface area contributed by atoms with Crippen molar-refractivity contribution in [2.75, 3.05) is 6.61 Å². The Kier molecular flexibility index (Phi) is 4.98. The standard InChI is InChI=1S/C28H29FN2O5/c1-4-28(35)18-10-21-24-16(12-31(21)25(33)17(18)13-36-26(28)34)23-22-15(6-8-27(23,3)7-5-9-32)14(2)19(29)11-20(22)30-24/h10-11,32,35H,4-9,12-13H2,1-3H3/t27-,28?/m1/s1. The number of fused-ring (bicyclic) bond motifs is 5. The molecule has 188 valence electrons. The molecule has 0 saturated heterocycles. The van der Waals surface area contributed by atoms with Crippen molar-refractivity contribution in [3.63, 3.8) is 0 Å². The number of benzene rings is 1. The van der Waals surface area contributed by atoms with Gasteiger partial charge in [-0.15, -0.1) is 0 Å². The molecule has 4 heterocycles. The van der Waals surface area contributed by atoms with Crippen molar-refractivity contribution < 1.29 is 24.1 Å². The van der Waals surface area contributed by atoms with Gasteiger partial charge in [-0.3, -0.25) is 4.79 Å². The summed E-state index contributed by atoms with van der Waals surface area (Å²) in [5.41, 5.74) is 3.27. The minimum atomic E-state index is -1.90. The van der Waals surface area contributed by atoms with Crippen LogP contribution in [0.3, 0.4) is 0 Å². The van der Waals surface area contributed by atoms with Crippen LogP contribution in [-0.2, 0) is 40.1 Å². The zero-order chi connectivity index (χ0) is 25.6.